The fraction of sp³-hybridized carbons (Fsp3) is 0.105. The first-order valence-electron chi connectivity index (χ1n) is 8.38. The lowest BCUT2D eigenvalue weighted by molar-refractivity contribution is 0.415. The van der Waals surface area contributed by atoms with E-state index in [4.69, 9.17) is 4.74 Å². The Balaban J connectivity index is 1.83. The Morgan fingerprint density at radius 2 is 1.75 bits per heavy atom. The summed E-state index contributed by atoms with van der Waals surface area (Å²) < 4.78 is 31.0. The highest BCUT2D eigenvalue weighted by Crippen LogP contribution is 2.25. The van der Waals surface area contributed by atoms with Crippen LogP contribution >= 0.6 is 0 Å². The van der Waals surface area contributed by atoms with E-state index in [0.29, 0.717) is 17.3 Å². The zero-order chi connectivity index (χ0) is 19.7. The summed E-state index contributed by atoms with van der Waals surface area (Å²) in [7, 11) is -1.94. The van der Waals surface area contributed by atoms with E-state index in [-0.39, 0.29) is 5.03 Å². The van der Waals surface area contributed by atoms with Gasteiger partial charge < -0.3 is 10.1 Å². The van der Waals surface area contributed by atoms with Gasteiger partial charge in [-0.2, -0.15) is 0 Å². The Morgan fingerprint density at radius 3 is 2.39 bits per heavy atom. The predicted octanol–water partition coefficient (Wildman–Crippen LogP) is 2.95. The summed E-state index contributed by atoms with van der Waals surface area (Å²) in [6.45, 7) is 0. The second-order valence-corrected chi connectivity index (χ2v) is 8.04. The topological polar surface area (TPSA) is 98.5 Å². The zero-order valence-corrected chi connectivity index (χ0v) is 16.0. The Bertz CT molecular complexity index is 1240. The van der Waals surface area contributed by atoms with E-state index in [0.717, 1.165) is 23.3 Å². The number of rotatable bonds is 5. The van der Waals surface area contributed by atoms with Gasteiger partial charge in [-0.1, -0.05) is 30.3 Å². The van der Waals surface area contributed by atoms with Crippen molar-refractivity contribution in [3.63, 3.8) is 0 Å². The average molecular weight is 395 g/mol. The molecule has 0 bridgehead atoms. The lowest BCUT2D eigenvalue weighted by Gasteiger charge is -2.07. The summed E-state index contributed by atoms with van der Waals surface area (Å²) in [5, 5.41) is 7.50. The molecule has 0 radical (unpaired) electrons. The summed E-state index contributed by atoms with van der Waals surface area (Å²) in [5.41, 5.74) is 1.84. The highest BCUT2D eigenvalue weighted by molar-refractivity contribution is 7.90. The van der Waals surface area contributed by atoms with Crippen molar-refractivity contribution in [3.8, 4) is 17.1 Å². The van der Waals surface area contributed by atoms with Gasteiger partial charge in [0.1, 0.15) is 11.3 Å². The second kappa shape index (κ2) is 6.93. The standard InChI is InChI=1S/C19H17N5O3S/c1-27-15-10-8-14(9-11-15)21-19-20-12-16-18(28(2,25)26)22-17(24(16)23-19)13-6-4-3-5-7-13/h3-12H,1-2H3,(H,21,23). The van der Waals surface area contributed by atoms with Gasteiger partial charge in [0.2, 0.25) is 5.95 Å². The molecule has 1 N–H and O–H groups in total. The van der Waals surface area contributed by atoms with Crippen LogP contribution in [0.2, 0.25) is 0 Å². The van der Waals surface area contributed by atoms with Gasteiger partial charge in [-0.25, -0.2) is 22.9 Å². The van der Waals surface area contributed by atoms with Crippen LogP contribution in [0.4, 0.5) is 11.6 Å². The second-order valence-electron chi connectivity index (χ2n) is 6.11. The number of sulfone groups is 1. The van der Waals surface area contributed by atoms with Crippen molar-refractivity contribution in [1.29, 1.82) is 0 Å². The molecule has 0 saturated carbocycles. The maximum atomic E-state index is 12.2. The number of benzene rings is 2. The number of methoxy groups -OCH3 is 1. The number of anilines is 2. The maximum Gasteiger partial charge on any atom is 0.245 e. The van der Waals surface area contributed by atoms with Crippen LogP contribution in [0, 0.1) is 0 Å². The summed E-state index contributed by atoms with van der Waals surface area (Å²) in [6.07, 6.45) is 2.57. The van der Waals surface area contributed by atoms with Crippen molar-refractivity contribution >= 4 is 27.0 Å². The molecule has 0 aliphatic carbocycles. The van der Waals surface area contributed by atoms with Crippen molar-refractivity contribution < 1.29 is 13.2 Å². The molecule has 9 heteroatoms. The van der Waals surface area contributed by atoms with Gasteiger partial charge in [0.25, 0.3) is 0 Å². The normalized spacial score (nSPS) is 11.5. The van der Waals surface area contributed by atoms with Crippen molar-refractivity contribution in [2.75, 3.05) is 18.7 Å². The largest absolute Gasteiger partial charge is 0.497 e. The third-order valence-electron chi connectivity index (χ3n) is 4.09. The van der Waals surface area contributed by atoms with Crippen LogP contribution < -0.4 is 10.1 Å². The predicted molar refractivity (Wildman–Crippen MR) is 106 cm³/mol. The van der Waals surface area contributed by atoms with Gasteiger partial charge in [-0.05, 0) is 24.3 Å². The minimum atomic E-state index is -3.54. The van der Waals surface area contributed by atoms with Gasteiger partial charge in [0, 0.05) is 17.5 Å². The number of nitrogens with one attached hydrogen (secondary N) is 1. The number of hydrogen-bond donors (Lipinski definition) is 1. The van der Waals surface area contributed by atoms with Crippen LogP contribution in [-0.4, -0.2) is 41.4 Å². The van der Waals surface area contributed by atoms with E-state index < -0.39 is 9.84 Å². The number of imidazole rings is 1. The summed E-state index contributed by atoms with van der Waals surface area (Å²) in [6, 6.07) is 16.6. The number of ether oxygens (including phenoxy) is 1. The van der Waals surface area contributed by atoms with Crippen molar-refractivity contribution in [3.05, 3.63) is 60.8 Å². The first-order chi connectivity index (χ1) is 13.5. The van der Waals surface area contributed by atoms with Crippen molar-refractivity contribution in [1.82, 2.24) is 19.6 Å². The molecule has 0 fully saturated rings. The molecule has 0 aliphatic heterocycles. The minimum Gasteiger partial charge on any atom is -0.497 e. The number of fused-ring (bicyclic) bond motifs is 1. The molecule has 8 nitrogen and oxygen atoms in total. The highest BCUT2D eigenvalue weighted by Gasteiger charge is 2.21. The molecule has 0 unspecified atom stereocenters. The molecule has 2 heterocycles. The molecule has 4 aromatic rings. The first kappa shape index (κ1) is 17.9. The molecule has 0 aliphatic rings. The molecule has 2 aromatic carbocycles. The van der Waals surface area contributed by atoms with E-state index in [2.05, 4.69) is 20.4 Å². The van der Waals surface area contributed by atoms with E-state index in [1.165, 1.54) is 10.7 Å². The van der Waals surface area contributed by atoms with Crippen LogP contribution in [0.15, 0.2) is 65.8 Å². The Morgan fingerprint density at radius 1 is 1.04 bits per heavy atom. The quantitative estimate of drug-likeness (QED) is 0.555. The minimum absolute atomic E-state index is 0.0534. The van der Waals surface area contributed by atoms with Crippen LogP contribution in [0.25, 0.3) is 16.9 Å². The van der Waals surface area contributed by atoms with Crippen LogP contribution in [-0.2, 0) is 9.84 Å². The molecule has 0 saturated heterocycles. The monoisotopic (exact) mass is 395 g/mol. The van der Waals surface area contributed by atoms with Gasteiger partial charge in [-0.15, -0.1) is 5.10 Å². The average Bonchev–Trinajstić information content (AvgIpc) is 3.08. The third kappa shape index (κ3) is 3.39. The van der Waals surface area contributed by atoms with Gasteiger partial charge in [0.05, 0.1) is 13.3 Å². The van der Waals surface area contributed by atoms with E-state index in [9.17, 15) is 8.42 Å². The van der Waals surface area contributed by atoms with Crippen LogP contribution in [0.5, 0.6) is 5.75 Å². The SMILES string of the molecule is COc1ccc(Nc2ncc3c(S(C)(=O)=O)nc(-c4ccccc4)n3n2)cc1. The lowest BCUT2D eigenvalue weighted by Crippen LogP contribution is -2.04. The molecule has 0 amide bonds. The third-order valence-corrected chi connectivity index (χ3v) is 5.09. The number of nitrogens with zero attached hydrogens (tertiary/aromatic N) is 4. The summed E-state index contributed by atoms with van der Waals surface area (Å²) in [5.74, 6) is 1.48. The van der Waals surface area contributed by atoms with Crippen molar-refractivity contribution in [2.45, 2.75) is 5.03 Å². The molecular weight excluding hydrogens is 378 g/mol. The van der Waals surface area contributed by atoms with Gasteiger partial charge in [0.15, 0.2) is 20.7 Å². The fourth-order valence-electron chi connectivity index (χ4n) is 2.77. The Kier molecular flexibility index (Phi) is 4.44. The zero-order valence-electron chi connectivity index (χ0n) is 15.2. The summed E-state index contributed by atoms with van der Waals surface area (Å²) in [4.78, 5) is 8.58. The van der Waals surface area contributed by atoms with Crippen LogP contribution in [0.1, 0.15) is 0 Å². The van der Waals surface area contributed by atoms with Crippen LogP contribution in [0.3, 0.4) is 0 Å². The molecule has 0 atom stereocenters. The molecular formula is C19H17N5O3S. The van der Waals surface area contributed by atoms with Gasteiger partial charge >= 0.3 is 0 Å². The molecule has 0 spiro atoms. The smallest absolute Gasteiger partial charge is 0.245 e. The summed E-state index contributed by atoms with van der Waals surface area (Å²) >= 11 is 0. The molecule has 4 rings (SSSR count). The lowest BCUT2D eigenvalue weighted by atomic mass is 10.2. The highest BCUT2D eigenvalue weighted by atomic mass is 32.2. The number of aromatic nitrogens is 4. The maximum absolute atomic E-state index is 12.2. The number of hydrogen-bond acceptors (Lipinski definition) is 7. The molecule has 142 valence electrons. The molecule has 28 heavy (non-hydrogen) atoms. The fourth-order valence-corrected chi connectivity index (χ4v) is 3.54. The molecule has 2 aromatic heterocycles. The van der Waals surface area contributed by atoms with E-state index in [1.54, 1.807) is 7.11 Å². The van der Waals surface area contributed by atoms with E-state index >= 15 is 0 Å². The van der Waals surface area contributed by atoms with E-state index in [1.807, 2.05) is 54.6 Å². The Hall–Kier alpha value is -3.46. The van der Waals surface area contributed by atoms with Crippen molar-refractivity contribution in [2.24, 2.45) is 0 Å². The van der Waals surface area contributed by atoms with Gasteiger partial charge in [-0.3, -0.25) is 0 Å². The Labute approximate surface area is 161 Å². The first-order valence-corrected chi connectivity index (χ1v) is 10.3.